The normalized spacial score (nSPS) is 25.5. The van der Waals surface area contributed by atoms with Crippen LogP contribution in [0.15, 0.2) is 24.0 Å². The van der Waals surface area contributed by atoms with Gasteiger partial charge in [-0.1, -0.05) is 13.8 Å². The van der Waals surface area contributed by atoms with E-state index in [1.807, 2.05) is 6.08 Å². The maximum absolute atomic E-state index is 5.57. The summed E-state index contributed by atoms with van der Waals surface area (Å²) in [5.41, 5.74) is -0.216. The molecule has 1 aliphatic carbocycles. The molecular formula is C12H21NO2. The number of rotatable bonds is 5. The summed E-state index contributed by atoms with van der Waals surface area (Å²) in [6.45, 7) is 5.09. The Hall–Kier alpha value is -0.800. The Morgan fingerprint density at radius 1 is 1.47 bits per heavy atom. The monoisotopic (exact) mass is 211 g/mol. The van der Waals surface area contributed by atoms with Crippen molar-refractivity contribution in [1.82, 2.24) is 5.32 Å². The van der Waals surface area contributed by atoms with Crippen molar-refractivity contribution in [2.24, 2.45) is 0 Å². The maximum atomic E-state index is 5.57. The quantitative estimate of drug-likeness (QED) is 0.753. The van der Waals surface area contributed by atoms with Crippen LogP contribution >= 0.6 is 0 Å². The van der Waals surface area contributed by atoms with Crippen LogP contribution in [0.4, 0.5) is 0 Å². The van der Waals surface area contributed by atoms with Crippen molar-refractivity contribution in [1.29, 1.82) is 0 Å². The van der Waals surface area contributed by atoms with E-state index < -0.39 is 0 Å². The van der Waals surface area contributed by atoms with Crippen LogP contribution in [0, 0.1) is 0 Å². The molecule has 1 rings (SSSR count). The first-order valence-electron chi connectivity index (χ1n) is 5.34. The Kier molecular flexibility index (Phi) is 4.36. The number of ether oxygens (including phenoxy) is 2. The van der Waals surface area contributed by atoms with Gasteiger partial charge in [0.2, 0.25) is 0 Å². The van der Waals surface area contributed by atoms with Crippen LogP contribution in [0.5, 0.6) is 0 Å². The molecule has 0 aromatic carbocycles. The van der Waals surface area contributed by atoms with Gasteiger partial charge < -0.3 is 14.8 Å². The molecule has 0 spiro atoms. The molecule has 0 aliphatic heterocycles. The first kappa shape index (κ1) is 12.3. The molecular weight excluding hydrogens is 190 g/mol. The highest BCUT2D eigenvalue weighted by atomic mass is 16.5. The molecule has 0 radical (unpaired) electrons. The Balaban J connectivity index is 2.58. The minimum Gasteiger partial charge on any atom is -0.497 e. The Labute approximate surface area is 92.1 Å². The zero-order valence-corrected chi connectivity index (χ0v) is 10.0. The highest BCUT2D eigenvalue weighted by Crippen LogP contribution is 2.24. The highest BCUT2D eigenvalue weighted by molar-refractivity contribution is 5.24. The molecule has 86 valence electrons. The standard InChI is InChI=1S/C12H21NO2/c1-10(2)13-9-12(15-4)7-5-11(14-3)6-8-12/h5-7,10,13H,8-9H2,1-4H3. The summed E-state index contributed by atoms with van der Waals surface area (Å²) >= 11 is 0. The maximum Gasteiger partial charge on any atom is 0.114 e. The van der Waals surface area contributed by atoms with Crippen molar-refractivity contribution < 1.29 is 9.47 Å². The predicted molar refractivity (Wildman–Crippen MR) is 61.7 cm³/mol. The summed E-state index contributed by atoms with van der Waals surface area (Å²) < 4.78 is 10.7. The molecule has 0 amide bonds. The van der Waals surface area contributed by atoms with Crippen LogP contribution in [0.2, 0.25) is 0 Å². The van der Waals surface area contributed by atoms with Gasteiger partial charge in [0, 0.05) is 26.1 Å². The van der Waals surface area contributed by atoms with Crippen LogP contribution < -0.4 is 5.32 Å². The van der Waals surface area contributed by atoms with Gasteiger partial charge in [0.05, 0.1) is 7.11 Å². The lowest BCUT2D eigenvalue weighted by Gasteiger charge is -2.31. The van der Waals surface area contributed by atoms with E-state index in [4.69, 9.17) is 9.47 Å². The van der Waals surface area contributed by atoms with Crippen LogP contribution in [-0.4, -0.2) is 32.4 Å². The van der Waals surface area contributed by atoms with Crippen molar-refractivity contribution in [2.75, 3.05) is 20.8 Å². The average molecular weight is 211 g/mol. The third kappa shape index (κ3) is 3.36. The molecule has 0 fully saturated rings. The van der Waals surface area contributed by atoms with Gasteiger partial charge in [-0.15, -0.1) is 0 Å². The van der Waals surface area contributed by atoms with E-state index in [2.05, 4.69) is 31.3 Å². The van der Waals surface area contributed by atoms with Gasteiger partial charge >= 0.3 is 0 Å². The van der Waals surface area contributed by atoms with Gasteiger partial charge in [-0.2, -0.15) is 0 Å². The zero-order valence-electron chi connectivity index (χ0n) is 10.0. The third-order valence-corrected chi connectivity index (χ3v) is 2.65. The van der Waals surface area contributed by atoms with Gasteiger partial charge in [0.1, 0.15) is 11.4 Å². The second-order valence-electron chi connectivity index (χ2n) is 4.15. The molecule has 3 heteroatoms. The predicted octanol–water partition coefficient (Wildman–Crippen LogP) is 1.86. The van der Waals surface area contributed by atoms with Gasteiger partial charge in [0.15, 0.2) is 0 Å². The summed E-state index contributed by atoms with van der Waals surface area (Å²) in [6.07, 6.45) is 6.95. The Bertz CT molecular complexity index is 258. The molecule has 0 heterocycles. The van der Waals surface area contributed by atoms with Gasteiger partial charge in [-0.3, -0.25) is 0 Å². The number of methoxy groups -OCH3 is 2. The van der Waals surface area contributed by atoms with Crippen molar-refractivity contribution >= 4 is 0 Å². The van der Waals surface area contributed by atoms with Gasteiger partial charge in [-0.25, -0.2) is 0 Å². The molecule has 1 atom stereocenters. The zero-order chi connectivity index (χ0) is 11.3. The van der Waals surface area contributed by atoms with Crippen LogP contribution in [0.1, 0.15) is 20.3 Å². The minimum absolute atomic E-state index is 0.216. The Morgan fingerprint density at radius 2 is 2.20 bits per heavy atom. The van der Waals surface area contributed by atoms with Crippen LogP contribution in [0.25, 0.3) is 0 Å². The van der Waals surface area contributed by atoms with E-state index in [1.165, 1.54) is 0 Å². The first-order valence-corrected chi connectivity index (χ1v) is 5.34. The highest BCUT2D eigenvalue weighted by Gasteiger charge is 2.28. The number of hydrogen-bond donors (Lipinski definition) is 1. The molecule has 0 aromatic rings. The van der Waals surface area contributed by atoms with E-state index >= 15 is 0 Å². The second-order valence-corrected chi connectivity index (χ2v) is 4.15. The fourth-order valence-electron chi connectivity index (χ4n) is 1.53. The third-order valence-electron chi connectivity index (χ3n) is 2.65. The van der Waals surface area contributed by atoms with Gasteiger partial charge in [0.25, 0.3) is 0 Å². The average Bonchev–Trinajstić information content (AvgIpc) is 2.27. The fraction of sp³-hybridized carbons (Fsp3) is 0.667. The Morgan fingerprint density at radius 3 is 2.60 bits per heavy atom. The topological polar surface area (TPSA) is 30.5 Å². The van der Waals surface area contributed by atoms with Crippen molar-refractivity contribution in [3.05, 3.63) is 24.0 Å². The van der Waals surface area contributed by atoms with Gasteiger partial charge in [-0.05, 0) is 18.2 Å². The summed E-state index contributed by atoms with van der Waals surface area (Å²) in [5.74, 6) is 0.909. The second kappa shape index (κ2) is 5.33. The molecule has 0 bridgehead atoms. The van der Waals surface area contributed by atoms with Crippen molar-refractivity contribution in [3.63, 3.8) is 0 Å². The lowest BCUT2D eigenvalue weighted by molar-refractivity contribution is 0.0309. The lowest BCUT2D eigenvalue weighted by atomic mass is 9.94. The van der Waals surface area contributed by atoms with E-state index in [0.29, 0.717) is 6.04 Å². The molecule has 0 aromatic heterocycles. The molecule has 0 saturated heterocycles. The van der Waals surface area contributed by atoms with E-state index in [9.17, 15) is 0 Å². The number of allylic oxidation sites excluding steroid dienone is 1. The SMILES string of the molecule is COC1=CCC(CNC(C)C)(OC)C=C1. The molecule has 1 aliphatic rings. The smallest absolute Gasteiger partial charge is 0.114 e. The number of hydrogen-bond acceptors (Lipinski definition) is 3. The molecule has 15 heavy (non-hydrogen) atoms. The summed E-state index contributed by atoms with van der Waals surface area (Å²) in [7, 11) is 3.43. The first-order chi connectivity index (χ1) is 7.12. The van der Waals surface area contributed by atoms with Crippen LogP contribution in [-0.2, 0) is 9.47 Å². The van der Waals surface area contributed by atoms with E-state index in [-0.39, 0.29) is 5.60 Å². The summed E-state index contributed by atoms with van der Waals surface area (Å²) in [4.78, 5) is 0. The van der Waals surface area contributed by atoms with Crippen molar-refractivity contribution in [2.45, 2.75) is 31.9 Å². The fourth-order valence-corrected chi connectivity index (χ4v) is 1.53. The minimum atomic E-state index is -0.216. The largest absolute Gasteiger partial charge is 0.497 e. The summed E-state index contributed by atoms with van der Waals surface area (Å²) in [6, 6.07) is 0.471. The van der Waals surface area contributed by atoms with E-state index in [1.54, 1.807) is 14.2 Å². The summed E-state index contributed by atoms with van der Waals surface area (Å²) in [5, 5.41) is 3.39. The van der Waals surface area contributed by atoms with Crippen molar-refractivity contribution in [3.8, 4) is 0 Å². The van der Waals surface area contributed by atoms with Crippen LogP contribution in [0.3, 0.4) is 0 Å². The molecule has 3 nitrogen and oxygen atoms in total. The van der Waals surface area contributed by atoms with E-state index in [0.717, 1.165) is 18.7 Å². The number of nitrogens with one attached hydrogen (secondary N) is 1. The molecule has 1 N–H and O–H groups in total. The molecule has 1 unspecified atom stereocenters. The molecule has 0 saturated carbocycles. The lowest BCUT2D eigenvalue weighted by Crippen LogP contribution is -2.43.